The Balaban J connectivity index is 1.85. The Kier molecular flexibility index (Phi) is 6.20. The Morgan fingerprint density at radius 2 is 1.89 bits per heavy atom. The number of sulfonamides is 1. The van der Waals surface area contributed by atoms with Gasteiger partial charge < -0.3 is 5.32 Å². The minimum atomic E-state index is -3.60. The second kappa shape index (κ2) is 8.45. The Bertz CT molecular complexity index is 944. The second-order valence-electron chi connectivity index (χ2n) is 7.69. The molecule has 1 fully saturated rings. The molecule has 1 N–H and O–H groups in total. The minimum absolute atomic E-state index is 0.206. The third kappa shape index (κ3) is 4.44. The third-order valence-electron chi connectivity index (χ3n) is 4.88. The van der Waals surface area contributed by atoms with Gasteiger partial charge in [0, 0.05) is 31.3 Å². The standard InChI is InChI=1S/C20H28N4O3S/c1-15(2)14-24-19(9-10-21-24)22-20(25)17-8-7-16(3)18(13-17)28(26,27)23-11-5-4-6-12-23/h7-10,13,15H,4-6,11-12,14H2,1-3H3,(H,22,25). The number of hydrogen-bond donors (Lipinski definition) is 1. The van der Waals surface area contributed by atoms with Crippen molar-refractivity contribution in [2.75, 3.05) is 18.4 Å². The number of nitrogens with zero attached hydrogens (tertiary/aromatic N) is 3. The summed E-state index contributed by atoms with van der Waals surface area (Å²) in [6.07, 6.45) is 4.44. The first-order valence-electron chi connectivity index (χ1n) is 9.73. The van der Waals surface area contributed by atoms with E-state index in [0.29, 0.717) is 42.5 Å². The van der Waals surface area contributed by atoms with E-state index in [0.717, 1.165) is 19.3 Å². The van der Waals surface area contributed by atoms with Crippen molar-refractivity contribution in [1.29, 1.82) is 0 Å². The predicted octanol–water partition coefficient (Wildman–Crippen LogP) is 3.27. The van der Waals surface area contributed by atoms with E-state index in [1.54, 1.807) is 36.0 Å². The van der Waals surface area contributed by atoms with Crippen LogP contribution in [0.25, 0.3) is 0 Å². The van der Waals surface area contributed by atoms with Crippen molar-refractivity contribution in [3.8, 4) is 0 Å². The lowest BCUT2D eigenvalue weighted by Crippen LogP contribution is -2.36. The van der Waals surface area contributed by atoms with Gasteiger partial charge in [-0.15, -0.1) is 0 Å². The molecule has 1 aliphatic rings. The highest BCUT2D eigenvalue weighted by Gasteiger charge is 2.28. The number of aryl methyl sites for hydroxylation is 1. The van der Waals surface area contributed by atoms with E-state index in [1.165, 1.54) is 10.4 Å². The summed E-state index contributed by atoms with van der Waals surface area (Å²) in [5.74, 6) is 0.636. The molecule has 1 aromatic carbocycles. The van der Waals surface area contributed by atoms with Crippen molar-refractivity contribution < 1.29 is 13.2 Å². The average molecular weight is 405 g/mol. The van der Waals surface area contributed by atoms with Gasteiger partial charge in [0.25, 0.3) is 5.91 Å². The molecular formula is C20H28N4O3S. The van der Waals surface area contributed by atoms with Crippen LogP contribution in [0.3, 0.4) is 0 Å². The lowest BCUT2D eigenvalue weighted by molar-refractivity contribution is 0.102. The highest BCUT2D eigenvalue weighted by molar-refractivity contribution is 7.89. The maximum absolute atomic E-state index is 13.1. The molecular weight excluding hydrogens is 376 g/mol. The van der Waals surface area contributed by atoms with Crippen LogP contribution in [-0.4, -0.2) is 41.5 Å². The van der Waals surface area contributed by atoms with Crippen molar-refractivity contribution in [2.24, 2.45) is 5.92 Å². The fourth-order valence-electron chi connectivity index (χ4n) is 3.38. The van der Waals surface area contributed by atoms with E-state index in [4.69, 9.17) is 0 Å². The number of amides is 1. The van der Waals surface area contributed by atoms with Crippen LogP contribution >= 0.6 is 0 Å². The van der Waals surface area contributed by atoms with Gasteiger partial charge in [-0.3, -0.25) is 4.79 Å². The van der Waals surface area contributed by atoms with Gasteiger partial charge >= 0.3 is 0 Å². The van der Waals surface area contributed by atoms with E-state index in [-0.39, 0.29) is 10.8 Å². The van der Waals surface area contributed by atoms with Crippen molar-refractivity contribution >= 4 is 21.7 Å². The van der Waals surface area contributed by atoms with Crippen LogP contribution in [0, 0.1) is 12.8 Å². The van der Waals surface area contributed by atoms with Crippen LogP contribution in [0.1, 0.15) is 49.0 Å². The summed E-state index contributed by atoms with van der Waals surface area (Å²) in [4.78, 5) is 13.0. The highest BCUT2D eigenvalue weighted by Crippen LogP contribution is 2.25. The Morgan fingerprint density at radius 3 is 2.57 bits per heavy atom. The third-order valence-corrected chi connectivity index (χ3v) is 6.92. The summed E-state index contributed by atoms with van der Waals surface area (Å²) in [5, 5.41) is 7.08. The van der Waals surface area contributed by atoms with E-state index in [9.17, 15) is 13.2 Å². The molecule has 1 saturated heterocycles. The van der Waals surface area contributed by atoms with Gasteiger partial charge in [-0.05, 0) is 43.4 Å². The van der Waals surface area contributed by atoms with Gasteiger partial charge in [0.2, 0.25) is 10.0 Å². The van der Waals surface area contributed by atoms with E-state index in [2.05, 4.69) is 24.3 Å². The average Bonchev–Trinajstić information content (AvgIpc) is 3.08. The molecule has 152 valence electrons. The number of piperidine rings is 1. The summed E-state index contributed by atoms with van der Waals surface area (Å²) >= 11 is 0. The monoisotopic (exact) mass is 404 g/mol. The first kappa shape index (κ1) is 20.5. The molecule has 2 heterocycles. The topological polar surface area (TPSA) is 84.3 Å². The van der Waals surface area contributed by atoms with Gasteiger partial charge in [0.1, 0.15) is 5.82 Å². The van der Waals surface area contributed by atoms with Crippen molar-refractivity contribution in [2.45, 2.75) is 51.5 Å². The number of carbonyl (C=O) groups excluding carboxylic acids is 1. The van der Waals surface area contributed by atoms with Gasteiger partial charge in [-0.1, -0.05) is 26.3 Å². The van der Waals surface area contributed by atoms with Gasteiger partial charge in [0.15, 0.2) is 0 Å². The van der Waals surface area contributed by atoms with Gasteiger partial charge in [0.05, 0.1) is 11.1 Å². The van der Waals surface area contributed by atoms with E-state index in [1.807, 2.05) is 0 Å². The Labute approximate surface area is 166 Å². The number of rotatable bonds is 6. The molecule has 7 nitrogen and oxygen atoms in total. The van der Waals surface area contributed by atoms with Gasteiger partial charge in [-0.25, -0.2) is 13.1 Å². The fraction of sp³-hybridized carbons (Fsp3) is 0.500. The van der Waals surface area contributed by atoms with Crippen molar-refractivity contribution in [3.63, 3.8) is 0 Å². The molecule has 0 spiro atoms. The number of aromatic nitrogens is 2. The van der Waals surface area contributed by atoms with Crippen LogP contribution in [0.4, 0.5) is 5.82 Å². The lowest BCUT2D eigenvalue weighted by atomic mass is 10.1. The largest absolute Gasteiger partial charge is 0.307 e. The highest BCUT2D eigenvalue weighted by atomic mass is 32.2. The predicted molar refractivity (Wildman–Crippen MR) is 109 cm³/mol. The zero-order valence-electron chi connectivity index (χ0n) is 16.7. The Morgan fingerprint density at radius 1 is 1.18 bits per heavy atom. The molecule has 0 aliphatic carbocycles. The van der Waals surface area contributed by atoms with E-state index < -0.39 is 10.0 Å². The summed E-state index contributed by atoms with van der Waals surface area (Å²) in [6.45, 7) is 7.66. The molecule has 0 radical (unpaired) electrons. The molecule has 2 aromatic rings. The van der Waals surface area contributed by atoms with Crippen LogP contribution in [0.2, 0.25) is 0 Å². The smallest absolute Gasteiger partial charge is 0.256 e. The molecule has 28 heavy (non-hydrogen) atoms. The Hall–Kier alpha value is -2.19. The molecule has 1 aliphatic heterocycles. The van der Waals surface area contributed by atoms with Crippen LogP contribution in [0.15, 0.2) is 35.4 Å². The molecule has 0 bridgehead atoms. The van der Waals surface area contributed by atoms with Gasteiger partial charge in [-0.2, -0.15) is 9.40 Å². The number of benzene rings is 1. The number of nitrogens with one attached hydrogen (secondary N) is 1. The fourth-order valence-corrected chi connectivity index (χ4v) is 5.15. The van der Waals surface area contributed by atoms with Crippen molar-refractivity contribution in [1.82, 2.24) is 14.1 Å². The van der Waals surface area contributed by atoms with Crippen LogP contribution < -0.4 is 5.32 Å². The minimum Gasteiger partial charge on any atom is -0.307 e. The SMILES string of the molecule is Cc1ccc(C(=O)Nc2ccnn2CC(C)C)cc1S(=O)(=O)N1CCCCC1. The summed E-state index contributed by atoms with van der Waals surface area (Å²) in [6, 6.07) is 6.57. The molecule has 3 rings (SSSR count). The molecule has 0 unspecified atom stereocenters. The summed E-state index contributed by atoms with van der Waals surface area (Å²) < 4.78 is 29.4. The van der Waals surface area contributed by atoms with Crippen LogP contribution in [-0.2, 0) is 16.6 Å². The van der Waals surface area contributed by atoms with E-state index >= 15 is 0 Å². The second-order valence-corrected chi connectivity index (χ2v) is 9.60. The number of hydrogen-bond acceptors (Lipinski definition) is 4. The van der Waals surface area contributed by atoms with Crippen LogP contribution in [0.5, 0.6) is 0 Å². The maximum Gasteiger partial charge on any atom is 0.256 e. The quantitative estimate of drug-likeness (QED) is 0.801. The van der Waals surface area contributed by atoms with Crippen molar-refractivity contribution in [3.05, 3.63) is 41.6 Å². The molecule has 8 heteroatoms. The number of carbonyl (C=O) groups is 1. The zero-order valence-corrected chi connectivity index (χ0v) is 17.5. The molecule has 1 amide bonds. The zero-order chi connectivity index (χ0) is 20.3. The summed E-state index contributed by atoms with van der Waals surface area (Å²) in [5.41, 5.74) is 0.963. The maximum atomic E-state index is 13.1. The summed E-state index contributed by atoms with van der Waals surface area (Å²) in [7, 11) is -3.60. The molecule has 0 atom stereocenters. The molecule has 1 aromatic heterocycles. The lowest BCUT2D eigenvalue weighted by Gasteiger charge is -2.26. The first-order chi connectivity index (χ1) is 13.3. The molecule has 0 saturated carbocycles. The number of anilines is 1. The first-order valence-corrected chi connectivity index (χ1v) is 11.2. The normalized spacial score (nSPS) is 15.7.